The lowest BCUT2D eigenvalue weighted by molar-refractivity contribution is -0.147. The highest BCUT2D eigenvalue weighted by Crippen LogP contribution is 2.16. The van der Waals surface area contributed by atoms with E-state index in [9.17, 15) is 19.5 Å². The van der Waals surface area contributed by atoms with Crippen LogP contribution in [-0.4, -0.2) is 41.6 Å². The first-order valence-electron chi connectivity index (χ1n) is 22.2. The Kier molecular flexibility index (Phi) is 38.4. The number of carboxylic acids is 1. The van der Waals surface area contributed by atoms with Crippen LogP contribution in [0.3, 0.4) is 0 Å². The summed E-state index contributed by atoms with van der Waals surface area (Å²) in [5, 5.41) is 11.9. The fraction of sp³-hybridized carbons (Fsp3) is 0.844. The molecule has 0 aliphatic heterocycles. The van der Waals surface area contributed by atoms with Crippen LogP contribution in [0.5, 0.6) is 0 Å². The van der Waals surface area contributed by atoms with Crippen molar-refractivity contribution in [3.05, 3.63) is 24.3 Å². The van der Waals surface area contributed by atoms with Gasteiger partial charge in [0.05, 0.1) is 0 Å². The topological polar surface area (TPSA) is 119 Å². The van der Waals surface area contributed by atoms with Crippen molar-refractivity contribution in [3.8, 4) is 0 Å². The van der Waals surface area contributed by atoms with Gasteiger partial charge in [-0.2, -0.15) is 0 Å². The number of nitrogens with one attached hydrogen (secondary N) is 1. The number of nitrogens with two attached hydrogens (primary N) is 1. The van der Waals surface area contributed by atoms with Gasteiger partial charge in [-0.1, -0.05) is 154 Å². The molecule has 0 saturated heterocycles. The van der Waals surface area contributed by atoms with Gasteiger partial charge >= 0.3 is 11.9 Å². The van der Waals surface area contributed by atoms with Crippen LogP contribution in [0.2, 0.25) is 0 Å². The van der Waals surface area contributed by atoms with Gasteiger partial charge in [0.25, 0.3) is 0 Å². The third-order valence-corrected chi connectivity index (χ3v) is 9.97. The zero-order valence-corrected chi connectivity index (χ0v) is 34.2. The lowest BCUT2D eigenvalue weighted by Gasteiger charge is -2.15. The number of carbonyl (C=O) groups excluding carboxylic acids is 2. The van der Waals surface area contributed by atoms with Crippen LogP contribution in [0.1, 0.15) is 226 Å². The highest BCUT2D eigenvalue weighted by Gasteiger charge is 2.19. The van der Waals surface area contributed by atoms with Crippen LogP contribution >= 0.6 is 0 Å². The van der Waals surface area contributed by atoms with Crippen molar-refractivity contribution in [1.29, 1.82) is 0 Å². The first-order valence-corrected chi connectivity index (χ1v) is 22.2. The van der Waals surface area contributed by atoms with Crippen LogP contribution in [0.4, 0.5) is 0 Å². The van der Waals surface area contributed by atoms with E-state index >= 15 is 0 Å². The van der Waals surface area contributed by atoms with E-state index in [4.69, 9.17) is 10.5 Å². The molecule has 7 nitrogen and oxygen atoms in total. The molecule has 0 rings (SSSR count). The van der Waals surface area contributed by atoms with E-state index in [0.29, 0.717) is 38.6 Å². The molecule has 304 valence electrons. The Bertz CT molecular complexity index is 874. The Labute approximate surface area is 321 Å². The highest BCUT2D eigenvalue weighted by molar-refractivity contribution is 5.83. The zero-order valence-electron chi connectivity index (χ0n) is 34.2. The van der Waals surface area contributed by atoms with Crippen molar-refractivity contribution in [3.63, 3.8) is 0 Å². The van der Waals surface area contributed by atoms with Crippen molar-refractivity contribution in [1.82, 2.24) is 5.32 Å². The van der Waals surface area contributed by atoms with Crippen LogP contribution < -0.4 is 11.1 Å². The summed E-state index contributed by atoms with van der Waals surface area (Å²) in [6.07, 6.45) is 45.2. The summed E-state index contributed by atoms with van der Waals surface area (Å²) in [5.41, 5.74) is 5.48. The minimum absolute atomic E-state index is 0.0897. The predicted octanol–water partition coefficient (Wildman–Crippen LogP) is 12.5. The number of aliphatic carboxylic acids is 1. The molecule has 4 N–H and O–H groups in total. The van der Waals surface area contributed by atoms with Crippen molar-refractivity contribution in [2.45, 2.75) is 238 Å². The maximum atomic E-state index is 12.7. The number of rotatable bonds is 40. The molecule has 0 bridgehead atoms. The van der Waals surface area contributed by atoms with Gasteiger partial charge in [0.2, 0.25) is 5.91 Å². The van der Waals surface area contributed by atoms with E-state index in [1.807, 2.05) is 0 Å². The van der Waals surface area contributed by atoms with E-state index < -0.39 is 12.0 Å². The summed E-state index contributed by atoms with van der Waals surface area (Å²) in [6.45, 7) is 4.93. The number of unbranched alkanes of at least 4 members (excludes halogenated alkanes) is 24. The summed E-state index contributed by atoms with van der Waals surface area (Å²) in [7, 11) is 0. The third kappa shape index (κ3) is 36.2. The molecule has 1 amide bonds. The van der Waals surface area contributed by atoms with E-state index in [-0.39, 0.29) is 18.0 Å². The number of hydrogen-bond acceptors (Lipinski definition) is 5. The molecule has 0 aliphatic rings. The van der Waals surface area contributed by atoms with Crippen LogP contribution in [0, 0.1) is 0 Å². The van der Waals surface area contributed by atoms with E-state index in [0.717, 1.165) is 44.9 Å². The summed E-state index contributed by atoms with van der Waals surface area (Å²) in [6, 6.07) is -0.869. The fourth-order valence-corrected chi connectivity index (χ4v) is 6.59. The molecule has 0 fully saturated rings. The Morgan fingerprint density at radius 2 is 1.00 bits per heavy atom. The number of amides is 1. The monoisotopic (exact) mass is 733 g/mol. The second-order valence-corrected chi connectivity index (χ2v) is 15.1. The molecule has 0 aliphatic carbocycles. The average molecular weight is 733 g/mol. The normalized spacial score (nSPS) is 12.8. The van der Waals surface area contributed by atoms with Gasteiger partial charge in [0.1, 0.15) is 12.1 Å². The minimum atomic E-state index is -1.01. The second kappa shape index (κ2) is 40.0. The lowest BCUT2D eigenvalue weighted by Crippen LogP contribution is -2.40. The molecular formula is C45H84N2O5. The smallest absolute Gasteiger partial charge is 0.326 e. The largest absolute Gasteiger partial charge is 0.480 e. The van der Waals surface area contributed by atoms with Crippen molar-refractivity contribution in [2.75, 3.05) is 6.54 Å². The molecule has 52 heavy (non-hydrogen) atoms. The molecule has 0 aromatic heterocycles. The van der Waals surface area contributed by atoms with Gasteiger partial charge < -0.3 is 20.9 Å². The van der Waals surface area contributed by atoms with E-state index in [2.05, 4.69) is 43.5 Å². The summed E-state index contributed by atoms with van der Waals surface area (Å²) < 4.78 is 5.94. The van der Waals surface area contributed by atoms with Gasteiger partial charge in [0.15, 0.2) is 0 Å². The third-order valence-electron chi connectivity index (χ3n) is 9.97. The molecule has 0 heterocycles. The van der Waals surface area contributed by atoms with Gasteiger partial charge in [0, 0.05) is 12.8 Å². The van der Waals surface area contributed by atoms with Gasteiger partial charge in [-0.15, -0.1) is 0 Å². The Morgan fingerprint density at radius 1 is 0.558 bits per heavy atom. The highest BCUT2D eigenvalue weighted by atomic mass is 16.5. The molecule has 0 aromatic rings. The zero-order chi connectivity index (χ0) is 38.2. The molecule has 0 spiro atoms. The van der Waals surface area contributed by atoms with Crippen LogP contribution in [0.15, 0.2) is 24.3 Å². The van der Waals surface area contributed by atoms with Crippen LogP contribution in [-0.2, 0) is 19.1 Å². The van der Waals surface area contributed by atoms with Gasteiger partial charge in [-0.3, -0.25) is 9.59 Å². The van der Waals surface area contributed by atoms with E-state index in [1.165, 1.54) is 135 Å². The molecule has 0 aromatic carbocycles. The fourth-order valence-electron chi connectivity index (χ4n) is 6.59. The van der Waals surface area contributed by atoms with Crippen molar-refractivity contribution >= 4 is 17.8 Å². The molecule has 7 heteroatoms. The molecular weight excluding hydrogens is 649 g/mol. The number of carbonyl (C=O) groups is 3. The first-order chi connectivity index (χ1) is 25.4. The van der Waals surface area contributed by atoms with Gasteiger partial charge in [-0.25, -0.2) is 4.79 Å². The molecule has 2 atom stereocenters. The molecule has 2 unspecified atom stereocenters. The Morgan fingerprint density at radius 3 is 1.50 bits per heavy atom. The maximum Gasteiger partial charge on any atom is 0.326 e. The second-order valence-electron chi connectivity index (χ2n) is 15.1. The first kappa shape index (κ1) is 49.9. The van der Waals surface area contributed by atoms with E-state index in [1.54, 1.807) is 0 Å². The number of allylic oxidation sites excluding steroid dienone is 3. The van der Waals surface area contributed by atoms with Crippen LogP contribution in [0.25, 0.3) is 0 Å². The summed E-state index contributed by atoms with van der Waals surface area (Å²) in [4.78, 5) is 36.3. The quantitative estimate of drug-likeness (QED) is 0.0328. The minimum Gasteiger partial charge on any atom is -0.480 e. The average Bonchev–Trinajstić information content (AvgIpc) is 3.13. The molecule has 0 saturated carbocycles. The summed E-state index contributed by atoms with van der Waals surface area (Å²) >= 11 is 0. The number of carboxylic acid groups (broad SMARTS) is 1. The standard InChI is InChI=1S/C45H84N2O5/c1-3-5-7-9-11-13-14-15-16-17-18-19-20-21-23-25-27-33-39-44(49)52-41(35-30-26-24-22-12-10-8-6-4-2)36-31-28-29-32-38-43(48)47-42(45(50)51)37-34-40-46/h16-17,30,35,41-42H,3-15,18-29,31-34,36-40,46H2,1-2H3,(H,47,48)(H,50,51)/b17-16-,35-30-. The van der Waals surface area contributed by atoms with Gasteiger partial charge in [-0.05, 0) is 89.7 Å². The maximum absolute atomic E-state index is 12.7. The Hall–Kier alpha value is -2.15. The number of esters is 1. The Balaban J connectivity index is 4.25. The summed E-state index contributed by atoms with van der Waals surface area (Å²) in [5.74, 6) is -1.32. The molecule has 0 radical (unpaired) electrons. The number of ether oxygens (including phenoxy) is 1. The SMILES string of the molecule is CCCCCCCCC/C=C\CCCCCCCCCC(=O)OC(/C=C\CCCCCCCCC)CCCCCCC(=O)NC(CCCN)C(=O)O. The lowest BCUT2D eigenvalue weighted by atomic mass is 10.1. The number of hydrogen-bond donors (Lipinski definition) is 3. The predicted molar refractivity (Wildman–Crippen MR) is 220 cm³/mol. The van der Waals surface area contributed by atoms with Crippen molar-refractivity contribution in [2.24, 2.45) is 5.73 Å². The van der Waals surface area contributed by atoms with Crippen molar-refractivity contribution < 1.29 is 24.2 Å².